The standard InChI is InChI=1S/C23H20Cl2N2O2/c24-20-6-4-17(12-21(20)25)14-27(15-19-3-1-2-9-26-19)23(28)13-16-5-7-22-18(11-16)8-10-29-22/h1-7,9,11-12H,8,10,13-15H2. The van der Waals surface area contributed by atoms with E-state index in [-0.39, 0.29) is 5.91 Å². The van der Waals surface area contributed by atoms with Crippen molar-refractivity contribution in [2.24, 2.45) is 0 Å². The van der Waals surface area contributed by atoms with Gasteiger partial charge in [0.15, 0.2) is 0 Å². The summed E-state index contributed by atoms with van der Waals surface area (Å²) in [5.41, 5.74) is 3.91. The second-order valence-corrected chi connectivity index (χ2v) is 7.85. The van der Waals surface area contributed by atoms with Crippen LogP contribution < -0.4 is 4.74 Å². The molecule has 0 N–H and O–H groups in total. The number of carbonyl (C=O) groups excluding carboxylic acids is 1. The van der Waals surface area contributed by atoms with Crippen LogP contribution in [-0.2, 0) is 30.7 Å². The van der Waals surface area contributed by atoms with E-state index in [4.69, 9.17) is 27.9 Å². The molecule has 0 fully saturated rings. The first-order valence-corrected chi connectivity index (χ1v) is 10.2. The lowest BCUT2D eigenvalue weighted by Gasteiger charge is -2.23. The molecule has 0 saturated carbocycles. The molecule has 0 aliphatic carbocycles. The lowest BCUT2D eigenvalue weighted by atomic mass is 10.1. The molecule has 3 aromatic rings. The molecule has 1 amide bonds. The zero-order valence-corrected chi connectivity index (χ0v) is 17.3. The topological polar surface area (TPSA) is 42.4 Å². The van der Waals surface area contributed by atoms with Crippen LogP contribution in [0.1, 0.15) is 22.4 Å². The fourth-order valence-electron chi connectivity index (χ4n) is 3.41. The second kappa shape index (κ2) is 8.85. The molecule has 0 bridgehead atoms. The molecular weight excluding hydrogens is 407 g/mol. The predicted octanol–water partition coefficient (Wildman–Crippen LogP) is 5.09. The minimum Gasteiger partial charge on any atom is -0.493 e. The molecule has 148 valence electrons. The number of fused-ring (bicyclic) bond motifs is 1. The van der Waals surface area contributed by atoms with E-state index in [0.29, 0.717) is 36.2 Å². The van der Waals surface area contributed by atoms with Gasteiger partial charge in [-0.2, -0.15) is 0 Å². The van der Waals surface area contributed by atoms with Crippen LogP contribution in [0, 0.1) is 0 Å². The number of hydrogen-bond donors (Lipinski definition) is 0. The molecule has 2 heterocycles. The monoisotopic (exact) mass is 426 g/mol. The van der Waals surface area contributed by atoms with Gasteiger partial charge >= 0.3 is 0 Å². The van der Waals surface area contributed by atoms with Gasteiger partial charge in [-0.05, 0) is 47.0 Å². The summed E-state index contributed by atoms with van der Waals surface area (Å²) in [5, 5.41) is 0.978. The zero-order chi connectivity index (χ0) is 20.2. The Kier molecular flexibility index (Phi) is 6.02. The molecule has 0 atom stereocenters. The molecule has 1 aliphatic heterocycles. The number of aromatic nitrogens is 1. The van der Waals surface area contributed by atoms with Gasteiger partial charge in [0.25, 0.3) is 0 Å². The number of ether oxygens (including phenoxy) is 1. The Labute approximate surface area is 180 Å². The highest BCUT2D eigenvalue weighted by Gasteiger charge is 2.18. The number of halogens is 2. The van der Waals surface area contributed by atoms with Gasteiger partial charge in [-0.15, -0.1) is 0 Å². The largest absolute Gasteiger partial charge is 0.493 e. The molecular formula is C23H20Cl2N2O2. The summed E-state index contributed by atoms with van der Waals surface area (Å²) in [5.74, 6) is 0.947. The number of pyridine rings is 1. The van der Waals surface area contributed by atoms with Crippen LogP contribution >= 0.6 is 23.2 Å². The predicted molar refractivity (Wildman–Crippen MR) is 114 cm³/mol. The first-order valence-electron chi connectivity index (χ1n) is 9.45. The maximum Gasteiger partial charge on any atom is 0.227 e. The highest BCUT2D eigenvalue weighted by atomic mass is 35.5. The van der Waals surface area contributed by atoms with Gasteiger partial charge in [0.05, 0.1) is 35.3 Å². The van der Waals surface area contributed by atoms with Crippen molar-refractivity contribution in [2.75, 3.05) is 6.61 Å². The first-order chi connectivity index (χ1) is 14.1. The molecule has 0 unspecified atom stereocenters. The lowest BCUT2D eigenvalue weighted by Crippen LogP contribution is -2.31. The van der Waals surface area contributed by atoms with Gasteiger partial charge in [-0.1, -0.05) is 47.5 Å². The van der Waals surface area contributed by atoms with E-state index >= 15 is 0 Å². The summed E-state index contributed by atoms with van der Waals surface area (Å²) in [7, 11) is 0. The van der Waals surface area contributed by atoms with E-state index in [2.05, 4.69) is 11.1 Å². The summed E-state index contributed by atoms with van der Waals surface area (Å²) >= 11 is 12.2. The van der Waals surface area contributed by atoms with E-state index in [0.717, 1.165) is 34.6 Å². The molecule has 2 aromatic carbocycles. The van der Waals surface area contributed by atoms with Crippen molar-refractivity contribution in [1.29, 1.82) is 0 Å². The maximum atomic E-state index is 13.2. The molecule has 4 rings (SSSR count). The van der Waals surface area contributed by atoms with Gasteiger partial charge in [-0.25, -0.2) is 0 Å². The third-order valence-corrected chi connectivity index (χ3v) is 5.64. The highest BCUT2D eigenvalue weighted by molar-refractivity contribution is 6.42. The maximum absolute atomic E-state index is 13.2. The number of rotatable bonds is 6. The van der Waals surface area contributed by atoms with E-state index in [1.165, 1.54) is 0 Å². The third-order valence-electron chi connectivity index (χ3n) is 4.90. The van der Waals surface area contributed by atoms with Crippen LogP contribution in [0.3, 0.4) is 0 Å². The van der Waals surface area contributed by atoms with Crippen molar-refractivity contribution in [3.8, 4) is 5.75 Å². The number of nitrogens with zero attached hydrogens (tertiary/aromatic N) is 2. The fraction of sp³-hybridized carbons (Fsp3) is 0.217. The Morgan fingerprint density at radius 3 is 2.66 bits per heavy atom. The lowest BCUT2D eigenvalue weighted by molar-refractivity contribution is -0.131. The SMILES string of the molecule is O=C(Cc1ccc2c(c1)CCO2)N(Cc1ccc(Cl)c(Cl)c1)Cc1ccccn1. The van der Waals surface area contributed by atoms with Crippen molar-refractivity contribution < 1.29 is 9.53 Å². The summed E-state index contributed by atoms with van der Waals surface area (Å²) in [4.78, 5) is 19.3. The van der Waals surface area contributed by atoms with Gasteiger partial charge < -0.3 is 9.64 Å². The summed E-state index contributed by atoms with van der Waals surface area (Å²) in [6.45, 7) is 1.56. The number of amides is 1. The number of carbonyl (C=O) groups is 1. The van der Waals surface area contributed by atoms with Gasteiger partial charge in [0.1, 0.15) is 5.75 Å². The Morgan fingerprint density at radius 1 is 1.00 bits per heavy atom. The van der Waals surface area contributed by atoms with Gasteiger partial charge in [0, 0.05) is 19.2 Å². The van der Waals surface area contributed by atoms with E-state index in [1.807, 2.05) is 36.4 Å². The van der Waals surface area contributed by atoms with Crippen molar-refractivity contribution >= 4 is 29.1 Å². The quantitative estimate of drug-likeness (QED) is 0.550. The van der Waals surface area contributed by atoms with Gasteiger partial charge in [-0.3, -0.25) is 9.78 Å². The molecule has 4 nitrogen and oxygen atoms in total. The van der Waals surface area contributed by atoms with Crippen molar-refractivity contribution in [3.05, 3.63) is 93.2 Å². The molecule has 1 aliphatic rings. The Morgan fingerprint density at radius 2 is 1.86 bits per heavy atom. The summed E-state index contributed by atoms with van der Waals surface area (Å²) in [6.07, 6.45) is 2.94. The van der Waals surface area contributed by atoms with Crippen molar-refractivity contribution in [2.45, 2.75) is 25.9 Å². The van der Waals surface area contributed by atoms with Crippen LogP contribution in [0.2, 0.25) is 10.0 Å². The normalized spacial score (nSPS) is 12.3. The third kappa shape index (κ3) is 4.89. The summed E-state index contributed by atoms with van der Waals surface area (Å²) in [6, 6.07) is 17.1. The Balaban J connectivity index is 1.54. The Bertz CT molecular complexity index is 1020. The molecule has 1 aromatic heterocycles. The number of hydrogen-bond acceptors (Lipinski definition) is 3. The van der Waals surface area contributed by atoms with Gasteiger partial charge in [0.2, 0.25) is 5.91 Å². The number of benzene rings is 2. The highest BCUT2D eigenvalue weighted by Crippen LogP contribution is 2.27. The smallest absolute Gasteiger partial charge is 0.227 e. The first kappa shape index (κ1) is 19.7. The van der Waals surface area contributed by atoms with Crippen LogP contribution in [0.5, 0.6) is 5.75 Å². The van der Waals surface area contributed by atoms with Crippen LogP contribution in [-0.4, -0.2) is 22.4 Å². The van der Waals surface area contributed by atoms with E-state index < -0.39 is 0 Å². The zero-order valence-electron chi connectivity index (χ0n) is 15.8. The minimum atomic E-state index is 0.0283. The average Bonchev–Trinajstić information content (AvgIpc) is 3.19. The van der Waals surface area contributed by atoms with Crippen LogP contribution in [0.15, 0.2) is 60.8 Å². The fourth-order valence-corrected chi connectivity index (χ4v) is 3.73. The van der Waals surface area contributed by atoms with Crippen molar-refractivity contribution in [3.63, 3.8) is 0 Å². The van der Waals surface area contributed by atoms with Crippen LogP contribution in [0.4, 0.5) is 0 Å². The Hall–Kier alpha value is -2.56. The van der Waals surface area contributed by atoms with Crippen molar-refractivity contribution in [1.82, 2.24) is 9.88 Å². The molecule has 0 spiro atoms. The molecule has 0 saturated heterocycles. The van der Waals surface area contributed by atoms with Crippen LogP contribution in [0.25, 0.3) is 0 Å². The molecule has 6 heteroatoms. The molecule has 29 heavy (non-hydrogen) atoms. The summed E-state index contributed by atoms with van der Waals surface area (Å²) < 4.78 is 5.56. The second-order valence-electron chi connectivity index (χ2n) is 7.04. The van der Waals surface area contributed by atoms with E-state index in [9.17, 15) is 4.79 Å². The molecule has 0 radical (unpaired) electrons. The minimum absolute atomic E-state index is 0.0283. The average molecular weight is 427 g/mol. The van der Waals surface area contributed by atoms with E-state index in [1.54, 1.807) is 23.2 Å².